The van der Waals surface area contributed by atoms with Gasteiger partial charge in [0.2, 0.25) is 0 Å². The average Bonchev–Trinajstić information content (AvgIpc) is 2.11. The van der Waals surface area contributed by atoms with E-state index in [1.54, 1.807) is 6.92 Å². The molecule has 1 heterocycles. The highest BCUT2D eigenvalue weighted by molar-refractivity contribution is 5.85. The second-order valence-corrected chi connectivity index (χ2v) is 2.74. The molecule has 0 aromatic rings. The number of hydrogen-bond donors (Lipinski definition) is 1. The summed E-state index contributed by atoms with van der Waals surface area (Å²) in [4.78, 5) is 0. The molecule has 1 saturated heterocycles. The summed E-state index contributed by atoms with van der Waals surface area (Å²) in [5.41, 5.74) is 0. The quantitative estimate of drug-likeness (QED) is 0.616. The Morgan fingerprint density at radius 3 is 2.00 bits per heavy atom. The van der Waals surface area contributed by atoms with Gasteiger partial charge in [0.15, 0.2) is 0 Å². The molecule has 1 N–H and O–H groups in total. The van der Waals surface area contributed by atoms with Crippen LogP contribution < -0.4 is 5.32 Å². The van der Waals surface area contributed by atoms with Gasteiger partial charge in [-0.25, -0.2) is 0 Å². The largest absolute Gasteiger partial charge is 0.403 e. The van der Waals surface area contributed by atoms with Crippen molar-refractivity contribution in [1.29, 1.82) is 0 Å². The van der Waals surface area contributed by atoms with E-state index in [4.69, 9.17) is 0 Å². The molecule has 68 valence electrons. The van der Waals surface area contributed by atoms with E-state index < -0.39 is 12.2 Å². The summed E-state index contributed by atoms with van der Waals surface area (Å²) in [6.07, 6.45) is -3.19. The molecule has 0 aliphatic carbocycles. The van der Waals surface area contributed by atoms with Crippen LogP contribution >= 0.6 is 12.4 Å². The molecule has 0 unspecified atom stereocenters. The predicted molar refractivity (Wildman–Crippen MR) is 38.9 cm³/mol. The van der Waals surface area contributed by atoms with Crippen LogP contribution in [0.15, 0.2) is 0 Å². The third-order valence-corrected chi connectivity index (χ3v) is 1.77. The standard InChI is InChI=1S/C6H10F3N.ClH/c1-4-2-3-5(10-4)6(7,8)9;/h4-5,10H,2-3H2,1H3;1H/t4-,5-;/m1./s1. The van der Waals surface area contributed by atoms with E-state index in [1.807, 2.05) is 0 Å². The minimum Gasteiger partial charge on any atom is -0.304 e. The van der Waals surface area contributed by atoms with Crippen molar-refractivity contribution in [2.75, 3.05) is 0 Å². The maximum atomic E-state index is 11.9. The molecule has 0 aromatic heterocycles. The zero-order valence-corrected chi connectivity index (χ0v) is 6.93. The van der Waals surface area contributed by atoms with E-state index in [1.165, 1.54) is 0 Å². The van der Waals surface area contributed by atoms with Crippen LogP contribution in [0.25, 0.3) is 0 Å². The summed E-state index contributed by atoms with van der Waals surface area (Å²) in [5, 5.41) is 2.47. The summed E-state index contributed by atoms with van der Waals surface area (Å²) in [6.45, 7) is 1.77. The van der Waals surface area contributed by atoms with Crippen molar-refractivity contribution in [3.05, 3.63) is 0 Å². The first kappa shape index (κ1) is 11.0. The number of halogens is 4. The number of hydrogen-bond acceptors (Lipinski definition) is 1. The minimum atomic E-state index is -4.05. The molecular weight excluding hydrogens is 179 g/mol. The van der Waals surface area contributed by atoms with E-state index in [0.29, 0.717) is 6.42 Å². The second-order valence-electron chi connectivity index (χ2n) is 2.74. The molecule has 2 atom stereocenters. The predicted octanol–water partition coefficient (Wildman–Crippen LogP) is 2.11. The highest BCUT2D eigenvalue weighted by atomic mass is 35.5. The Hall–Kier alpha value is 0.0400. The first-order chi connectivity index (χ1) is 4.50. The lowest BCUT2D eigenvalue weighted by Gasteiger charge is -2.14. The Bertz CT molecular complexity index is 125. The lowest BCUT2D eigenvalue weighted by atomic mass is 10.2. The van der Waals surface area contributed by atoms with Gasteiger partial charge in [0.05, 0.1) is 0 Å². The number of nitrogens with one attached hydrogen (secondary N) is 1. The van der Waals surface area contributed by atoms with Gasteiger partial charge in [-0.15, -0.1) is 12.4 Å². The van der Waals surface area contributed by atoms with E-state index in [2.05, 4.69) is 5.32 Å². The van der Waals surface area contributed by atoms with Crippen LogP contribution in [-0.4, -0.2) is 18.3 Å². The van der Waals surface area contributed by atoms with Gasteiger partial charge < -0.3 is 5.32 Å². The third-order valence-electron chi connectivity index (χ3n) is 1.77. The maximum absolute atomic E-state index is 11.9. The van der Waals surface area contributed by atoms with Crippen molar-refractivity contribution in [1.82, 2.24) is 5.32 Å². The molecule has 0 amide bonds. The second kappa shape index (κ2) is 3.63. The zero-order valence-electron chi connectivity index (χ0n) is 6.11. The molecule has 0 aromatic carbocycles. The Balaban J connectivity index is 0.000001000. The highest BCUT2D eigenvalue weighted by Crippen LogP contribution is 2.28. The lowest BCUT2D eigenvalue weighted by Crippen LogP contribution is -2.39. The SMILES string of the molecule is C[C@@H]1CC[C@H](C(F)(F)F)N1.Cl. The topological polar surface area (TPSA) is 12.0 Å². The van der Waals surface area contributed by atoms with Crippen LogP contribution in [0.2, 0.25) is 0 Å². The van der Waals surface area contributed by atoms with Crippen LogP contribution in [-0.2, 0) is 0 Å². The molecule has 5 heteroatoms. The fourth-order valence-electron chi connectivity index (χ4n) is 1.18. The van der Waals surface area contributed by atoms with Gasteiger partial charge in [-0.2, -0.15) is 13.2 Å². The minimum absolute atomic E-state index is 0. The van der Waals surface area contributed by atoms with E-state index in [0.717, 1.165) is 0 Å². The van der Waals surface area contributed by atoms with Crippen LogP contribution in [0.5, 0.6) is 0 Å². The summed E-state index contributed by atoms with van der Waals surface area (Å²) in [5.74, 6) is 0. The van der Waals surface area contributed by atoms with Crippen molar-refractivity contribution >= 4 is 12.4 Å². The highest BCUT2D eigenvalue weighted by Gasteiger charge is 2.42. The molecule has 0 bridgehead atoms. The van der Waals surface area contributed by atoms with Gasteiger partial charge >= 0.3 is 6.18 Å². The third kappa shape index (κ3) is 2.87. The van der Waals surface area contributed by atoms with Gasteiger partial charge in [-0.3, -0.25) is 0 Å². The van der Waals surface area contributed by atoms with Crippen molar-refractivity contribution in [2.24, 2.45) is 0 Å². The van der Waals surface area contributed by atoms with Gasteiger partial charge in [0, 0.05) is 6.04 Å². The lowest BCUT2D eigenvalue weighted by molar-refractivity contribution is -0.152. The van der Waals surface area contributed by atoms with Crippen molar-refractivity contribution < 1.29 is 13.2 Å². The molecule has 0 spiro atoms. The summed E-state index contributed by atoms with van der Waals surface area (Å²) < 4.78 is 35.6. The molecular formula is C6H11ClF3N. The zero-order chi connectivity index (χ0) is 7.78. The molecule has 0 saturated carbocycles. The van der Waals surface area contributed by atoms with Crippen LogP contribution in [0.4, 0.5) is 13.2 Å². The van der Waals surface area contributed by atoms with Gasteiger partial charge in [0.1, 0.15) is 6.04 Å². The van der Waals surface area contributed by atoms with Crippen LogP contribution in [0.1, 0.15) is 19.8 Å². The first-order valence-corrected chi connectivity index (χ1v) is 3.33. The monoisotopic (exact) mass is 189 g/mol. The smallest absolute Gasteiger partial charge is 0.304 e. The molecule has 1 aliphatic rings. The Morgan fingerprint density at radius 2 is 1.82 bits per heavy atom. The van der Waals surface area contributed by atoms with Gasteiger partial charge in [-0.05, 0) is 19.8 Å². The van der Waals surface area contributed by atoms with Crippen molar-refractivity contribution in [3.63, 3.8) is 0 Å². The van der Waals surface area contributed by atoms with Gasteiger partial charge in [-0.1, -0.05) is 0 Å². The Kier molecular flexibility index (Phi) is 3.64. The number of rotatable bonds is 0. The first-order valence-electron chi connectivity index (χ1n) is 3.33. The summed E-state index contributed by atoms with van der Waals surface area (Å²) in [7, 11) is 0. The molecule has 1 fully saturated rings. The number of alkyl halides is 3. The maximum Gasteiger partial charge on any atom is 0.403 e. The fourth-order valence-corrected chi connectivity index (χ4v) is 1.18. The summed E-state index contributed by atoms with van der Waals surface area (Å²) in [6, 6.07) is -1.24. The average molecular weight is 190 g/mol. The van der Waals surface area contributed by atoms with Crippen LogP contribution in [0, 0.1) is 0 Å². The molecule has 11 heavy (non-hydrogen) atoms. The Morgan fingerprint density at radius 1 is 1.27 bits per heavy atom. The molecule has 1 aliphatic heterocycles. The molecule has 0 radical (unpaired) electrons. The van der Waals surface area contributed by atoms with E-state index in [-0.39, 0.29) is 24.9 Å². The fraction of sp³-hybridized carbons (Fsp3) is 1.00. The molecule has 1 rings (SSSR count). The van der Waals surface area contributed by atoms with Gasteiger partial charge in [0.25, 0.3) is 0 Å². The summed E-state index contributed by atoms with van der Waals surface area (Å²) >= 11 is 0. The normalized spacial score (nSPS) is 31.6. The van der Waals surface area contributed by atoms with E-state index >= 15 is 0 Å². The van der Waals surface area contributed by atoms with Crippen LogP contribution in [0.3, 0.4) is 0 Å². The van der Waals surface area contributed by atoms with Crippen molar-refractivity contribution in [2.45, 2.75) is 38.0 Å². The van der Waals surface area contributed by atoms with Crippen molar-refractivity contribution in [3.8, 4) is 0 Å². The van der Waals surface area contributed by atoms with E-state index in [9.17, 15) is 13.2 Å². The molecule has 1 nitrogen and oxygen atoms in total. The Labute approximate surface area is 69.8 Å².